The van der Waals surface area contributed by atoms with Gasteiger partial charge in [-0.05, 0) is 30.7 Å². The third kappa shape index (κ3) is 2.50. The van der Waals surface area contributed by atoms with E-state index < -0.39 is 0 Å². The molecule has 0 bridgehead atoms. The monoisotopic (exact) mass is 264 g/mol. The summed E-state index contributed by atoms with van der Waals surface area (Å²) in [6.45, 7) is 2.17. The lowest BCUT2D eigenvalue weighted by Gasteiger charge is -2.20. The Labute approximate surface area is 118 Å². The first kappa shape index (κ1) is 12.7. The van der Waals surface area contributed by atoms with E-state index in [-0.39, 0.29) is 0 Å². The van der Waals surface area contributed by atoms with Crippen LogP contribution in [-0.4, -0.2) is 21.4 Å². The molecule has 0 aromatic carbocycles. The molecule has 0 amide bonds. The van der Waals surface area contributed by atoms with E-state index in [9.17, 15) is 0 Å². The van der Waals surface area contributed by atoms with Crippen molar-refractivity contribution in [3.8, 4) is 0 Å². The number of hydrogen-bond donors (Lipinski definition) is 0. The van der Waals surface area contributed by atoms with Crippen molar-refractivity contribution in [2.45, 2.75) is 19.8 Å². The molecule has 2 aromatic rings. The van der Waals surface area contributed by atoms with Crippen molar-refractivity contribution in [1.82, 2.24) is 9.97 Å². The van der Waals surface area contributed by atoms with Crippen LogP contribution in [0.5, 0.6) is 0 Å². The number of hydrogen-bond acceptors (Lipinski definition) is 4. The molecule has 100 valence electrons. The molecular formula is C16H16N4. The molecule has 1 aliphatic rings. The van der Waals surface area contributed by atoms with Crippen molar-refractivity contribution in [1.29, 1.82) is 0 Å². The maximum Gasteiger partial charge on any atom is 0.0921 e. The third-order valence-corrected chi connectivity index (χ3v) is 3.49. The lowest BCUT2D eigenvalue weighted by atomic mass is 9.90. The molecule has 4 heteroatoms. The number of pyridine rings is 2. The Morgan fingerprint density at radius 3 is 2.25 bits per heavy atom. The van der Waals surface area contributed by atoms with Gasteiger partial charge >= 0.3 is 0 Å². The lowest BCUT2D eigenvalue weighted by Crippen LogP contribution is -2.24. The highest BCUT2D eigenvalue weighted by atomic mass is 15.2. The van der Waals surface area contributed by atoms with Crippen LogP contribution in [-0.2, 0) is 0 Å². The van der Waals surface area contributed by atoms with Crippen LogP contribution >= 0.6 is 0 Å². The number of nitrogens with zero attached hydrogens (tertiary/aromatic N) is 4. The largest absolute Gasteiger partial charge is 0.255 e. The van der Waals surface area contributed by atoms with Crippen molar-refractivity contribution < 1.29 is 0 Å². The van der Waals surface area contributed by atoms with Gasteiger partial charge in [0.05, 0.1) is 22.8 Å². The van der Waals surface area contributed by atoms with Gasteiger partial charge in [-0.3, -0.25) is 9.97 Å². The van der Waals surface area contributed by atoms with Gasteiger partial charge in [-0.15, -0.1) is 0 Å². The van der Waals surface area contributed by atoms with E-state index in [0.29, 0.717) is 5.92 Å². The Kier molecular flexibility index (Phi) is 3.63. The minimum absolute atomic E-state index is 0.347. The molecule has 0 saturated carbocycles. The quantitative estimate of drug-likeness (QED) is 0.855. The van der Waals surface area contributed by atoms with Crippen LogP contribution in [0.15, 0.2) is 59.0 Å². The topological polar surface area (TPSA) is 50.5 Å². The van der Waals surface area contributed by atoms with Crippen molar-refractivity contribution in [3.63, 3.8) is 0 Å². The Morgan fingerprint density at radius 2 is 1.65 bits per heavy atom. The van der Waals surface area contributed by atoms with E-state index >= 15 is 0 Å². The van der Waals surface area contributed by atoms with Gasteiger partial charge in [-0.25, -0.2) is 0 Å². The van der Waals surface area contributed by atoms with Gasteiger partial charge < -0.3 is 0 Å². The smallest absolute Gasteiger partial charge is 0.0921 e. The number of aromatic nitrogens is 2. The molecule has 4 nitrogen and oxygen atoms in total. The van der Waals surface area contributed by atoms with E-state index in [1.807, 2.05) is 36.4 Å². The fourth-order valence-electron chi connectivity index (χ4n) is 2.37. The molecule has 0 aliphatic carbocycles. The summed E-state index contributed by atoms with van der Waals surface area (Å²) in [6, 6.07) is 11.7. The molecule has 0 saturated heterocycles. The van der Waals surface area contributed by atoms with Crippen LogP contribution in [0.1, 0.15) is 31.2 Å². The summed E-state index contributed by atoms with van der Waals surface area (Å²) in [6.07, 6.45) is 5.46. The number of rotatable bonds is 3. The molecule has 20 heavy (non-hydrogen) atoms. The molecule has 3 rings (SSSR count). The van der Waals surface area contributed by atoms with Crippen molar-refractivity contribution in [2.75, 3.05) is 0 Å². The summed E-state index contributed by atoms with van der Waals surface area (Å²) in [5, 5.41) is 8.77. The molecule has 2 aromatic heterocycles. The van der Waals surface area contributed by atoms with Crippen LogP contribution in [0.3, 0.4) is 0 Å². The molecule has 0 spiro atoms. The van der Waals surface area contributed by atoms with Crippen LogP contribution in [0.25, 0.3) is 0 Å². The van der Waals surface area contributed by atoms with Crippen LogP contribution in [0, 0.1) is 5.92 Å². The van der Waals surface area contributed by atoms with Gasteiger partial charge in [0.15, 0.2) is 0 Å². The first-order valence-electron chi connectivity index (χ1n) is 6.85. The van der Waals surface area contributed by atoms with Crippen molar-refractivity contribution >= 4 is 11.4 Å². The Morgan fingerprint density at radius 1 is 0.950 bits per heavy atom. The molecule has 1 unspecified atom stereocenters. The molecular weight excluding hydrogens is 248 g/mol. The lowest BCUT2D eigenvalue weighted by molar-refractivity contribution is 0.677. The van der Waals surface area contributed by atoms with E-state index in [0.717, 1.165) is 35.7 Å². The van der Waals surface area contributed by atoms with Gasteiger partial charge in [0, 0.05) is 24.7 Å². The van der Waals surface area contributed by atoms with Gasteiger partial charge in [-0.1, -0.05) is 19.1 Å². The summed E-state index contributed by atoms with van der Waals surface area (Å²) in [5.74, 6) is 0.347. The molecule has 3 heterocycles. The Bertz CT molecular complexity index is 632. The second kappa shape index (κ2) is 5.74. The average Bonchev–Trinajstić information content (AvgIpc) is 2.56. The predicted octanol–water partition coefficient (Wildman–Crippen LogP) is 3.10. The first-order chi connectivity index (χ1) is 9.88. The first-order valence-corrected chi connectivity index (χ1v) is 6.85. The van der Waals surface area contributed by atoms with Gasteiger partial charge in [-0.2, -0.15) is 10.2 Å². The molecule has 0 N–H and O–H groups in total. The minimum Gasteiger partial charge on any atom is -0.255 e. The molecule has 1 aliphatic heterocycles. The summed E-state index contributed by atoms with van der Waals surface area (Å²) < 4.78 is 0. The van der Waals surface area contributed by atoms with E-state index in [1.54, 1.807) is 12.4 Å². The minimum atomic E-state index is 0.347. The zero-order valence-corrected chi connectivity index (χ0v) is 11.4. The second-order valence-corrected chi connectivity index (χ2v) is 4.77. The zero-order valence-electron chi connectivity index (χ0n) is 11.4. The zero-order chi connectivity index (χ0) is 13.8. The van der Waals surface area contributed by atoms with Gasteiger partial charge in [0.2, 0.25) is 0 Å². The third-order valence-electron chi connectivity index (χ3n) is 3.49. The highest BCUT2D eigenvalue weighted by Crippen LogP contribution is 2.22. The summed E-state index contributed by atoms with van der Waals surface area (Å²) in [4.78, 5) is 8.74. The summed E-state index contributed by atoms with van der Waals surface area (Å²) in [7, 11) is 0. The van der Waals surface area contributed by atoms with E-state index in [4.69, 9.17) is 0 Å². The van der Waals surface area contributed by atoms with Gasteiger partial charge in [0.1, 0.15) is 0 Å². The van der Waals surface area contributed by atoms with E-state index in [1.165, 1.54) is 0 Å². The highest BCUT2D eigenvalue weighted by molar-refractivity contribution is 6.08. The Hall–Kier alpha value is -2.36. The standard InChI is InChI=1S/C16H16N4/c1-2-12-11-15(13-7-3-5-9-17-13)19-20-16(12)14-8-4-6-10-18-14/h3-10,12H,2,11H2,1H3. The maximum absolute atomic E-state index is 4.41. The van der Waals surface area contributed by atoms with Crippen LogP contribution in [0.4, 0.5) is 0 Å². The molecule has 1 atom stereocenters. The van der Waals surface area contributed by atoms with Crippen LogP contribution < -0.4 is 0 Å². The van der Waals surface area contributed by atoms with E-state index in [2.05, 4.69) is 27.1 Å². The summed E-state index contributed by atoms with van der Waals surface area (Å²) >= 11 is 0. The predicted molar refractivity (Wildman–Crippen MR) is 79.9 cm³/mol. The highest BCUT2D eigenvalue weighted by Gasteiger charge is 2.24. The molecule has 0 radical (unpaired) electrons. The fourth-order valence-corrected chi connectivity index (χ4v) is 2.37. The van der Waals surface area contributed by atoms with Crippen molar-refractivity contribution in [2.24, 2.45) is 16.1 Å². The van der Waals surface area contributed by atoms with Gasteiger partial charge in [0.25, 0.3) is 0 Å². The fraction of sp³-hybridized carbons (Fsp3) is 0.250. The average molecular weight is 264 g/mol. The second-order valence-electron chi connectivity index (χ2n) is 4.77. The maximum atomic E-state index is 4.41. The van der Waals surface area contributed by atoms with Crippen LogP contribution in [0.2, 0.25) is 0 Å². The summed E-state index contributed by atoms with van der Waals surface area (Å²) in [5.41, 5.74) is 3.77. The molecule has 0 fully saturated rings. The Balaban J connectivity index is 1.96. The van der Waals surface area contributed by atoms with Crippen molar-refractivity contribution in [3.05, 3.63) is 60.2 Å². The SMILES string of the molecule is CCC1CC(c2ccccn2)=NN=C1c1ccccn1. The normalized spacial score (nSPS) is 18.4.